The zero-order valence-electron chi connectivity index (χ0n) is 10.9. The summed E-state index contributed by atoms with van der Waals surface area (Å²) in [5.41, 5.74) is 13.7. The summed E-state index contributed by atoms with van der Waals surface area (Å²) in [6.45, 7) is 0.409. The van der Waals surface area contributed by atoms with Gasteiger partial charge in [-0.25, -0.2) is 15.0 Å². The fourth-order valence-electron chi connectivity index (χ4n) is 2.04. The number of nitrogens with zero attached hydrogens (tertiary/aromatic N) is 6. The van der Waals surface area contributed by atoms with Crippen molar-refractivity contribution in [3.63, 3.8) is 0 Å². The molecule has 0 unspecified atom stereocenters. The molecule has 0 fully saturated rings. The number of hydrogen-bond donors (Lipinski definition) is 3. The quantitative estimate of drug-likeness (QED) is 0.265. The van der Waals surface area contributed by atoms with Crippen molar-refractivity contribution in [3.05, 3.63) is 42.2 Å². The summed E-state index contributed by atoms with van der Waals surface area (Å²) in [5, 5.41) is 11.8. The number of nitrogens with two attached hydrogens (primary N) is 2. The van der Waals surface area contributed by atoms with Crippen LogP contribution in [-0.2, 0) is 6.54 Å². The summed E-state index contributed by atoms with van der Waals surface area (Å²) in [5.74, 6) is 0.269. The SMILES string of the molecule is NC(=NO)c1ncccc1Cn1cnc2c(N)ncnc21. The zero-order valence-corrected chi connectivity index (χ0v) is 10.9. The molecule has 0 amide bonds. The van der Waals surface area contributed by atoms with Gasteiger partial charge in [-0.3, -0.25) is 4.98 Å². The van der Waals surface area contributed by atoms with Crippen molar-refractivity contribution in [2.24, 2.45) is 10.9 Å². The third-order valence-electron chi connectivity index (χ3n) is 3.01. The van der Waals surface area contributed by atoms with Gasteiger partial charge in [0, 0.05) is 11.8 Å². The highest BCUT2D eigenvalue weighted by Gasteiger charge is 2.12. The van der Waals surface area contributed by atoms with E-state index in [9.17, 15) is 0 Å². The highest BCUT2D eigenvalue weighted by Crippen LogP contribution is 2.16. The second kappa shape index (κ2) is 5.04. The van der Waals surface area contributed by atoms with Crippen molar-refractivity contribution in [2.75, 3.05) is 5.73 Å². The Labute approximate surface area is 119 Å². The fourth-order valence-corrected chi connectivity index (χ4v) is 2.04. The van der Waals surface area contributed by atoms with Gasteiger partial charge in [0.25, 0.3) is 0 Å². The monoisotopic (exact) mass is 284 g/mol. The van der Waals surface area contributed by atoms with Crippen molar-refractivity contribution in [1.82, 2.24) is 24.5 Å². The van der Waals surface area contributed by atoms with Gasteiger partial charge in [-0.2, -0.15) is 0 Å². The van der Waals surface area contributed by atoms with Crippen LogP contribution in [0.3, 0.4) is 0 Å². The molecule has 3 aromatic rings. The minimum Gasteiger partial charge on any atom is -0.409 e. The molecule has 3 rings (SSSR count). The molecule has 3 aromatic heterocycles. The number of pyridine rings is 1. The second-order valence-electron chi connectivity index (χ2n) is 4.30. The van der Waals surface area contributed by atoms with E-state index < -0.39 is 0 Å². The Bertz CT molecular complexity index is 825. The molecular weight excluding hydrogens is 272 g/mol. The van der Waals surface area contributed by atoms with E-state index >= 15 is 0 Å². The van der Waals surface area contributed by atoms with Gasteiger partial charge in [0.05, 0.1) is 12.9 Å². The fraction of sp³-hybridized carbons (Fsp3) is 0.0833. The molecular formula is C12H12N8O. The lowest BCUT2D eigenvalue weighted by atomic mass is 10.2. The first kappa shape index (κ1) is 12.8. The van der Waals surface area contributed by atoms with E-state index in [-0.39, 0.29) is 5.84 Å². The summed E-state index contributed by atoms with van der Waals surface area (Å²) in [6, 6.07) is 3.60. The summed E-state index contributed by atoms with van der Waals surface area (Å²) in [7, 11) is 0. The van der Waals surface area contributed by atoms with Crippen molar-refractivity contribution in [2.45, 2.75) is 6.54 Å². The molecule has 0 aromatic carbocycles. The van der Waals surface area contributed by atoms with Crippen LogP contribution in [0.4, 0.5) is 5.82 Å². The maximum atomic E-state index is 8.81. The molecule has 0 aliphatic heterocycles. The van der Waals surface area contributed by atoms with Crippen molar-refractivity contribution in [3.8, 4) is 0 Å². The first-order chi connectivity index (χ1) is 10.2. The molecule has 0 saturated carbocycles. The number of amidine groups is 1. The Morgan fingerprint density at radius 2 is 2.14 bits per heavy atom. The molecule has 0 radical (unpaired) electrons. The predicted molar refractivity (Wildman–Crippen MR) is 75.6 cm³/mol. The molecule has 0 atom stereocenters. The number of anilines is 1. The molecule has 21 heavy (non-hydrogen) atoms. The van der Waals surface area contributed by atoms with E-state index in [1.54, 1.807) is 23.2 Å². The van der Waals surface area contributed by atoms with Gasteiger partial charge in [-0.15, -0.1) is 0 Å². The lowest BCUT2D eigenvalue weighted by molar-refractivity contribution is 0.318. The number of rotatable bonds is 3. The maximum absolute atomic E-state index is 8.81. The largest absolute Gasteiger partial charge is 0.409 e. The van der Waals surface area contributed by atoms with E-state index in [1.807, 2.05) is 6.07 Å². The van der Waals surface area contributed by atoms with Gasteiger partial charge in [0.1, 0.15) is 17.5 Å². The number of nitrogen functional groups attached to an aromatic ring is 1. The lowest BCUT2D eigenvalue weighted by Crippen LogP contribution is -2.18. The molecule has 0 saturated heterocycles. The van der Waals surface area contributed by atoms with Crippen LogP contribution in [-0.4, -0.2) is 35.5 Å². The minimum atomic E-state index is -0.0517. The van der Waals surface area contributed by atoms with E-state index in [0.29, 0.717) is 29.2 Å². The average molecular weight is 284 g/mol. The number of hydrogen-bond acceptors (Lipinski definition) is 7. The molecule has 0 aliphatic rings. The third-order valence-corrected chi connectivity index (χ3v) is 3.01. The summed E-state index contributed by atoms with van der Waals surface area (Å²) >= 11 is 0. The van der Waals surface area contributed by atoms with Crippen molar-refractivity contribution >= 4 is 22.8 Å². The van der Waals surface area contributed by atoms with Crippen molar-refractivity contribution < 1.29 is 5.21 Å². The van der Waals surface area contributed by atoms with Gasteiger partial charge in [-0.1, -0.05) is 11.2 Å². The first-order valence-corrected chi connectivity index (χ1v) is 6.04. The Morgan fingerprint density at radius 1 is 1.29 bits per heavy atom. The zero-order chi connectivity index (χ0) is 14.8. The Hall–Kier alpha value is -3.23. The van der Waals surface area contributed by atoms with Crippen LogP contribution in [0, 0.1) is 0 Å². The van der Waals surface area contributed by atoms with E-state index in [2.05, 4.69) is 25.1 Å². The van der Waals surface area contributed by atoms with Crippen LogP contribution >= 0.6 is 0 Å². The highest BCUT2D eigenvalue weighted by atomic mass is 16.4. The molecule has 0 spiro atoms. The first-order valence-electron chi connectivity index (χ1n) is 6.04. The smallest absolute Gasteiger partial charge is 0.189 e. The van der Waals surface area contributed by atoms with E-state index in [0.717, 1.165) is 5.56 Å². The Kier molecular flexibility index (Phi) is 3.07. The van der Waals surface area contributed by atoms with Crippen LogP contribution < -0.4 is 11.5 Å². The molecule has 3 heterocycles. The van der Waals surface area contributed by atoms with Gasteiger partial charge < -0.3 is 21.2 Å². The lowest BCUT2D eigenvalue weighted by Gasteiger charge is -2.08. The molecule has 106 valence electrons. The third kappa shape index (κ3) is 2.20. The average Bonchev–Trinajstić information content (AvgIpc) is 2.92. The molecule has 9 heteroatoms. The van der Waals surface area contributed by atoms with Crippen LogP contribution in [0.2, 0.25) is 0 Å². The maximum Gasteiger partial charge on any atom is 0.189 e. The normalized spacial score (nSPS) is 11.9. The number of fused-ring (bicyclic) bond motifs is 1. The second-order valence-corrected chi connectivity index (χ2v) is 4.30. The number of imidazole rings is 1. The van der Waals surface area contributed by atoms with Crippen LogP contribution in [0.5, 0.6) is 0 Å². The van der Waals surface area contributed by atoms with Crippen LogP contribution in [0.25, 0.3) is 11.2 Å². The summed E-state index contributed by atoms with van der Waals surface area (Å²) in [6.07, 6.45) is 4.56. The van der Waals surface area contributed by atoms with Crippen LogP contribution in [0.1, 0.15) is 11.3 Å². The molecule has 5 N–H and O–H groups in total. The standard InChI is InChI=1S/C12H12N8O/c13-10-9-12(17-5-16-10)20(6-18-9)4-7-2-1-3-15-8(7)11(14)19-21/h1-3,5-6,21H,4H2,(H2,14,19)(H2,13,16,17). The van der Waals surface area contributed by atoms with E-state index in [4.69, 9.17) is 16.7 Å². The Morgan fingerprint density at radius 3 is 2.95 bits per heavy atom. The highest BCUT2D eigenvalue weighted by molar-refractivity contribution is 5.96. The summed E-state index contributed by atoms with van der Waals surface area (Å²) in [4.78, 5) is 16.4. The number of oxime groups is 1. The van der Waals surface area contributed by atoms with Crippen LogP contribution in [0.15, 0.2) is 36.1 Å². The Balaban J connectivity index is 2.06. The molecule has 0 aliphatic carbocycles. The minimum absolute atomic E-state index is 0.0517. The van der Waals surface area contributed by atoms with Gasteiger partial charge >= 0.3 is 0 Å². The van der Waals surface area contributed by atoms with Gasteiger partial charge in [0.15, 0.2) is 17.3 Å². The van der Waals surface area contributed by atoms with Gasteiger partial charge in [-0.05, 0) is 6.07 Å². The molecule has 0 bridgehead atoms. The molecule has 9 nitrogen and oxygen atoms in total. The topological polar surface area (TPSA) is 141 Å². The van der Waals surface area contributed by atoms with Crippen molar-refractivity contribution in [1.29, 1.82) is 0 Å². The van der Waals surface area contributed by atoms with E-state index in [1.165, 1.54) is 6.33 Å². The van der Waals surface area contributed by atoms with Gasteiger partial charge in [0.2, 0.25) is 0 Å². The number of aromatic nitrogens is 5. The predicted octanol–water partition coefficient (Wildman–Crippen LogP) is -0.0537. The summed E-state index contributed by atoms with van der Waals surface area (Å²) < 4.78 is 1.79.